The van der Waals surface area contributed by atoms with Crippen molar-refractivity contribution in [3.8, 4) is 0 Å². The van der Waals surface area contributed by atoms with Crippen LogP contribution < -0.4 is 0 Å². The highest BCUT2D eigenvalue weighted by Crippen LogP contribution is 2.26. The first-order chi connectivity index (χ1) is 10.9. The average molecular weight is 314 g/mol. The van der Waals surface area contributed by atoms with E-state index in [0.717, 1.165) is 6.42 Å². The molecular formula is C18H22N2O3. The second-order valence-electron chi connectivity index (χ2n) is 6.20. The van der Waals surface area contributed by atoms with Crippen LogP contribution in [0.2, 0.25) is 0 Å². The van der Waals surface area contributed by atoms with Gasteiger partial charge < -0.3 is 15.4 Å². The number of amides is 1. The average Bonchev–Trinajstić information content (AvgIpc) is 2.72. The van der Waals surface area contributed by atoms with Crippen LogP contribution in [-0.4, -0.2) is 40.2 Å². The Morgan fingerprint density at radius 2 is 2.00 bits per heavy atom. The van der Waals surface area contributed by atoms with E-state index >= 15 is 0 Å². The summed E-state index contributed by atoms with van der Waals surface area (Å²) >= 11 is 0. The van der Waals surface area contributed by atoms with Crippen molar-refractivity contribution in [1.29, 1.82) is 5.41 Å². The molecule has 1 aliphatic carbocycles. The van der Waals surface area contributed by atoms with E-state index in [1.807, 2.05) is 0 Å². The molecule has 2 rings (SSSR count). The van der Waals surface area contributed by atoms with Gasteiger partial charge in [0.2, 0.25) is 0 Å². The Morgan fingerprint density at radius 1 is 1.35 bits per heavy atom. The van der Waals surface area contributed by atoms with Crippen molar-refractivity contribution >= 4 is 17.6 Å². The van der Waals surface area contributed by atoms with E-state index in [2.05, 4.69) is 12.7 Å². The second-order valence-corrected chi connectivity index (χ2v) is 6.20. The number of nitrogens with zero attached hydrogens (tertiary/aromatic N) is 1. The number of hydrogen-bond acceptors (Lipinski definition) is 3. The minimum Gasteiger partial charge on any atom is -0.481 e. The van der Waals surface area contributed by atoms with Crippen molar-refractivity contribution in [2.45, 2.75) is 39.2 Å². The lowest BCUT2D eigenvalue weighted by atomic mass is 9.90. The minimum absolute atomic E-state index is 0.0242. The summed E-state index contributed by atoms with van der Waals surface area (Å²) in [5.41, 5.74) is 4.51. The summed E-state index contributed by atoms with van der Waals surface area (Å²) < 4.78 is 0. The van der Waals surface area contributed by atoms with Crippen LogP contribution in [0.5, 0.6) is 0 Å². The first-order valence-corrected chi connectivity index (χ1v) is 7.81. The van der Waals surface area contributed by atoms with Gasteiger partial charge in [0.1, 0.15) is 0 Å². The third kappa shape index (κ3) is 4.30. The molecule has 2 unspecified atom stereocenters. The number of piperidine rings is 1. The molecule has 0 radical (unpaired) electrons. The third-order valence-electron chi connectivity index (χ3n) is 4.25. The van der Waals surface area contributed by atoms with E-state index in [4.69, 9.17) is 10.5 Å². The molecule has 2 atom stereocenters. The first-order valence-electron chi connectivity index (χ1n) is 7.81. The Morgan fingerprint density at radius 3 is 2.65 bits per heavy atom. The molecule has 0 saturated carbocycles. The van der Waals surface area contributed by atoms with E-state index in [1.165, 1.54) is 0 Å². The number of carboxylic acid groups (broad SMARTS) is 1. The molecule has 5 nitrogen and oxygen atoms in total. The number of aliphatic carboxylic acids is 1. The van der Waals surface area contributed by atoms with E-state index in [1.54, 1.807) is 36.1 Å². The number of carbonyl (C=O) groups is 2. The van der Waals surface area contributed by atoms with Gasteiger partial charge in [-0.1, -0.05) is 13.0 Å². The van der Waals surface area contributed by atoms with Crippen LogP contribution in [0.25, 0.3) is 0 Å². The maximum absolute atomic E-state index is 12.8. The van der Waals surface area contributed by atoms with Gasteiger partial charge in [-0.2, -0.15) is 0 Å². The van der Waals surface area contributed by atoms with Crippen LogP contribution in [-0.2, 0) is 9.59 Å². The maximum atomic E-state index is 12.8. The fraction of sp³-hybridized carbons (Fsp3) is 0.444. The van der Waals surface area contributed by atoms with E-state index in [0.29, 0.717) is 35.7 Å². The number of rotatable bonds is 4. The summed E-state index contributed by atoms with van der Waals surface area (Å²) in [7, 11) is 0. The monoisotopic (exact) mass is 314 g/mol. The molecule has 0 spiro atoms. The number of nitrogens with one attached hydrogen (secondary N) is 1. The second kappa shape index (κ2) is 7.25. The Balaban J connectivity index is 2.22. The molecule has 2 N–H and O–H groups in total. The van der Waals surface area contributed by atoms with Crippen LogP contribution in [0.15, 0.2) is 41.2 Å². The summed E-state index contributed by atoms with van der Waals surface area (Å²) in [4.78, 5) is 25.5. The Labute approximate surface area is 136 Å². The maximum Gasteiger partial charge on any atom is 0.305 e. The predicted molar refractivity (Wildman–Crippen MR) is 88.4 cm³/mol. The standard InChI is InChI=1S/C18H22N2O3/c1-12-8-9-20(16(10-12)11-17(21)22)18(23)15-5-3-4-14(6-7-15)13(2)19/h4-7,12,16,19H,8-11H2,1-2H3,(H,21,22). The molecule has 1 amide bonds. The Kier molecular flexibility index (Phi) is 5.35. The van der Waals surface area contributed by atoms with Crippen LogP contribution in [0.3, 0.4) is 0 Å². The molecule has 1 fully saturated rings. The fourth-order valence-corrected chi connectivity index (χ4v) is 2.94. The molecule has 23 heavy (non-hydrogen) atoms. The minimum atomic E-state index is -0.881. The Hall–Kier alpha value is -2.39. The molecule has 0 aromatic heterocycles. The summed E-state index contributed by atoms with van der Waals surface area (Å²) in [6.07, 6.45) is 8.26. The summed E-state index contributed by atoms with van der Waals surface area (Å²) in [5, 5.41) is 16.7. The van der Waals surface area contributed by atoms with Crippen LogP contribution in [0.1, 0.15) is 33.1 Å². The smallest absolute Gasteiger partial charge is 0.305 e. The number of carboxylic acids is 1. The van der Waals surface area contributed by atoms with Crippen molar-refractivity contribution in [3.63, 3.8) is 0 Å². The normalized spacial score (nSPS) is 23.8. The number of likely N-dealkylation sites (tertiary alicyclic amines) is 1. The van der Waals surface area contributed by atoms with Gasteiger partial charge in [-0.05, 0) is 43.9 Å². The van der Waals surface area contributed by atoms with Gasteiger partial charge in [0.15, 0.2) is 0 Å². The summed E-state index contributed by atoms with van der Waals surface area (Å²) in [6, 6.07) is -0.266. The molecule has 1 aliphatic heterocycles. The molecular weight excluding hydrogens is 292 g/mol. The van der Waals surface area contributed by atoms with Crippen LogP contribution >= 0.6 is 0 Å². The number of carbonyl (C=O) groups excluding carboxylic acids is 1. The van der Waals surface area contributed by atoms with Gasteiger partial charge >= 0.3 is 5.97 Å². The third-order valence-corrected chi connectivity index (χ3v) is 4.25. The zero-order chi connectivity index (χ0) is 17.0. The van der Waals surface area contributed by atoms with Crippen LogP contribution in [0, 0.1) is 11.3 Å². The zero-order valence-corrected chi connectivity index (χ0v) is 13.5. The predicted octanol–water partition coefficient (Wildman–Crippen LogP) is 2.71. The van der Waals surface area contributed by atoms with Crippen molar-refractivity contribution < 1.29 is 14.7 Å². The highest BCUT2D eigenvalue weighted by Gasteiger charge is 2.32. The van der Waals surface area contributed by atoms with Crippen LogP contribution in [0.4, 0.5) is 0 Å². The van der Waals surface area contributed by atoms with Gasteiger partial charge in [-0.15, -0.1) is 5.73 Å². The first kappa shape index (κ1) is 17.0. The van der Waals surface area contributed by atoms with E-state index < -0.39 is 5.97 Å². The quantitative estimate of drug-likeness (QED) is 0.618. The molecule has 0 bridgehead atoms. The molecule has 0 aromatic rings. The molecule has 2 aliphatic rings. The lowest BCUT2D eigenvalue weighted by Gasteiger charge is -2.38. The highest BCUT2D eigenvalue weighted by atomic mass is 16.4. The van der Waals surface area contributed by atoms with Gasteiger partial charge in [-0.3, -0.25) is 9.59 Å². The lowest BCUT2D eigenvalue weighted by molar-refractivity contribution is -0.141. The summed E-state index contributed by atoms with van der Waals surface area (Å²) in [5.74, 6) is -0.619. The summed E-state index contributed by atoms with van der Waals surface area (Å²) in [6.45, 7) is 4.35. The Bertz CT molecular complexity index is 651. The number of allylic oxidation sites excluding steroid dienone is 3. The fourth-order valence-electron chi connectivity index (χ4n) is 2.94. The lowest BCUT2D eigenvalue weighted by Crippen LogP contribution is -2.47. The molecule has 1 heterocycles. The van der Waals surface area contributed by atoms with Crippen molar-refractivity contribution in [2.24, 2.45) is 5.92 Å². The largest absolute Gasteiger partial charge is 0.481 e. The SMILES string of the molecule is CC(=N)C1=CC=C(C(=O)N2CCC(C)CC2CC(=O)O)C=C=C1. The van der Waals surface area contributed by atoms with Gasteiger partial charge in [0.05, 0.1) is 6.42 Å². The number of hydrogen-bond donors (Lipinski definition) is 2. The molecule has 5 heteroatoms. The van der Waals surface area contributed by atoms with E-state index in [9.17, 15) is 9.59 Å². The molecule has 122 valence electrons. The van der Waals surface area contributed by atoms with Gasteiger partial charge in [0.25, 0.3) is 5.91 Å². The molecule has 1 saturated heterocycles. The van der Waals surface area contributed by atoms with Gasteiger partial charge in [0, 0.05) is 29.4 Å². The van der Waals surface area contributed by atoms with E-state index in [-0.39, 0.29) is 18.4 Å². The van der Waals surface area contributed by atoms with Crippen molar-refractivity contribution in [2.75, 3.05) is 6.54 Å². The van der Waals surface area contributed by atoms with Gasteiger partial charge in [-0.25, -0.2) is 0 Å². The topological polar surface area (TPSA) is 81.5 Å². The molecule has 0 aromatic carbocycles. The van der Waals surface area contributed by atoms with Crippen molar-refractivity contribution in [3.05, 3.63) is 41.2 Å². The highest BCUT2D eigenvalue weighted by molar-refractivity contribution is 6.01. The zero-order valence-electron chi connectivity index (χ0n) is 13.5. The van der Waals surface area contributed by atoms with Crippen molar-refractivity contribution in [1.82, 2.24) is 4.90 Å².